The number of anilines is 1. The maximum absolute atomic E-state index is 12.5. The Bertz CT molecular complexity index is 631. The summed E-state index contributed by atoms with van der Waals surface area (Å²) in [6.45, 7) is 1.44. The van der Waals surface area contributed by atoms with E-state index in [1.54, 1.807) is 0 Å². The molecule has 0 unspecified atom stereocenters. The zero-order valence-corrected chi connectivity index (χ0v) is 9.88. The number of nitrogens with one attached hydrogen (secondary N) is 1. The number of carbonyl (C=O) groups excluding carboxylic acids is 1. The van der Waals surface area contributed by atoms with Crippen molar-refractivity contribution in [2.45, 2.75) is 13.1 Å². The summed E-state index contributed by atoms with van der Waals surface area (Å²) in [5.74, 6) is -0.373. The van der Waals surface area contributed by atoms with Gasteiger partial charge >= 0.3 is 6.18 Å². The summed E-state index contributed by atoms with van der Waals surface area (Å²) in [6, 6.07) is 2.95. The van der Waals surface area contributed by atoms with Gasteiger partial charge in [0.05, 0.1) is 17.3 Å². The van der Waals surface area contributed by atoms with E-state index in [-0.39, 0.29) is 22.5 Å². The third-order valence-electron chi connectivity index (χ3n) is 2.71. The second kappa shape index (κ2) is 4.42. The standard InChI is InChI=1S/C12H10F3N3O/c1-6-4-7(12(13,14)15)2-3-8(6)10(19)9-5-17-18-11(9)16/h2-5H,1H3,(H3,16,17,18). The molecule has 0 fully saturated rings. The van der Waals surface area contributed by atoms with Crippen LogP contribution in [-0.4, -0.2) is 16.0 Å². The molecule has 1 aromatic heterocycles. The van der Waals surface area contributed by atoms with E-state index in [1.807, 2.05) is 0 Å². The van der Waals surface area contributed by atoms with Crippen LogP contribution in [0.4, 0.5) is 19.0 Å². The quantitative estimate of drug-likeness (QED) is 0.823. The number of rotatable bonds is 2. The zero-order chi connectivity index (χ0) is 14.2. The van der Waals surface area contributed by atoms with Crippen LogP contribution in [0, 0.1) is 6.92 Å². The number of nitrogens with zero attached hydrogens (tertiary/aromatic N) is 1. The molecule has 0 bridgehead atoms. The van der Waals surface area contributed by atoms with Crippen molar-refractivity contribution >= 4 is 11.6 Å². The van der Waals surface area contributed by atoms with Crippen molar-refractivity contribution in [3.63, 3.8) is 0 Å². The number of benzene rings is 1. The van der Waals surface area contributed by atoms with Gasteiger partial charge in [0.2, 0.25) is 0 Å². The number of alkyl halides is 3. The summed E-state index contributed by atoms with van der Waals surface area (Å²) < 4.78 is 37.6. The number of hydrogen-bond donors (Lipinski definition) is 2. The number of nitrogen functional groups attached to an aromatic ring is 1. The smallest absolute Gasteiger partial charge is 0.383 e. The molecule has 0 atom stereocenters. The van der Waals surface area contributed by atoms with E-state index >= 15 is 0 Å². The zero-order valence-electron chi connectivity index (χ0n) is 9.88. The summed E-state index contributed by atoms with van der Waals surface area (Å²) in [7, 11) is 0. The van der Waals surface area contributed by atoms with Gasteiger partial charge in [-0.05, 0) is 24.6 Å². The largest absolute Gasteiger partial charge is 0.416 e. The summed E-state index contributed by atoms with van der Waals surface area (Å²) in [5, 5.41) is 6.01. The van der Waals surface area contributed by atoms with Crippen LogP contribution in [-0.2, 0) is 6.18 Å². The van der Waals surface area contributed by atoms with Crippen LogP contribution in [0.3, 0.4) is 0 Å². The van der Waals surface area contributed by atoms with Crippen molar-refractivity contribution < 1.29 is 18.0 Å². The third-order valence-corrected chi connectivity index (χ3v) is 2.71. The summed E-state index contributed by atoms with van der Waals surface area (Å²) >= 11 is 0. The fourth-order valence-electron chi connectivity index (χ4n) is 1.72. The Balaban J connectivity index is 2.43. The first-order valence-corrected chi connectivity index (χ1v) is 5.32. The van der Waals surface area contributed by atoms with Crippen molar-refractivity contribution in [3.8, 4) is 0 Å². The number of aryl methyl sites for hydroxylation is 1. The number of halogens is 3. The summed E-state index contributed by atoms with van der Waals surface area (Å²) in [4.78, 5) is 12.1. The van der Waals surface area contributed by atoms with E-state index in [2.05, 4.69) is 10.2 Å². The van der Waals surface area contributed by atoms with Crippen molar-refractivity contribution in [2.75, 3.05) is 5.73 Å². The lowest BCUT2D eigenvalue weighted by molar-refractivity contribution is -0.137. The van der Waals surface area contributed by atoms with Gasteiger partial charge in [-0.1, -0.05) is 6.07 Å². The minimum atomic E-state index is -4.43. The normalized spacial score (nSPS) is 11.6. The lowest BCUT2D eigenvalue weighted by Crippen LogP contribution is -2.09. The molecule has 0 aliphatic rings. The SMILES string of the molecule is Cc1cc(C(F)(F)F)ccc1C(=O)c1cn[nH]c1N. The molecular weight excluding hydrogens is 259 g/mol. The molecule has 0 radical (unpaired) electrons. The van der Waals surface area contributed by atoms with E-state index in [1.165, 1.54) is 13.1 Å². The molecule has 2 rings (SSSR count). The van der Waals surface area contributed by atoms with Gasteiger partial charge in [-0.15, -0.1) is 0 Å². The number of hydrogen-bond acceptors (Lipinski definition) is 3. The van der Waals surface area contributed by atoms with Gasteiger partial charge < -0.3 is 5.73 Å². The topological polar surface area (TPSA) is 71.8 Å². The lowest BCUT2D eigenvalue weighted by atomic mass is 9.98. The second-order valence-electron chi connectivity index (χ2n) is 4.05. The highest BCUT2D eigenvalue weighted by Crippen LogP contribution is 2.31. The highest BCUT2D eigenvalue weighted by molar-refractivity contribution is 6.12. The monoisotopic (exact) mass is 269 g/mol. The molecule has 0 spiro atoms. The maximum atomic E-state index is 12.5. The van der Waals surface area contributed by atoms with Gasteiger partial charge in [0.15, 0.2) is 5.78 Å². The van der Waals surface area contributed by atoms with Crippen molar-refractivity contribution in [1.82, 2.24) is 10.2 Å². The molecule has 1 heterocycles. The number of H-pyrrole nitrogens is 1. The molecule has 3 N–H and O–H groups in total. The van der Waals surface area contributed by atoms with Gasteiger partial charge in [0.1, 0.15) is 5.82 Å². The van der Waals surface area contributed by atoms with E-state index in [0.717, 1.165) is 18.2 Å². The first kappa shape index (κ1) is 13.1. The van der Waals surface area contributed by atoms with Crippen LogP contribution >= 0.6 is 0 Å². The van der Waals surface area contributed by atoms with Crippen molar-refractivity contribution in [3.05, 3.63) is 46.6 Å². The molecule has 2 aromatic rings. The minimum absolute atomic E-state index is 0.0873. The Labute approximate surface area is 106 Å². The number of aromatic amines is 1. The molecule has 19 heavy (non-hydrogen) atoms. The average Bonchev–Trinajstić information content (AvgIpc) is 2.73. The van der Waals surface area contributed by atoms with Crippen LogP contribution in [0.5, 0.6) is 0 Å². The molecule has 0 saturated carbocycles. The molecule has 0 saturated heterocycles. The number of nitrogens with two attached hydrogens (primary N) is 1. The first-order valence-electron chi connectivity index (χ1n) is 5.32. The van der Waals surface area contributed by atoms with Gasteiger partial charge in [-0.3, -0.25) is 9.89 Å². The summed E-state index contributed by atoms with van der Waals surface area (Å²) in [5.41, 5.74) is 5.26. The Morgan fingerprint density at radius 3 is 2.47 bits per heavy atom. The van der Waals surface area contributed by atoms with E-state index in [0.29, 0.717) is 0 Å². The van der Waals surface area contributed by atoms with Crippen molar-refractivity contribution in [2.24, 2.45) is 0 Å². The van der Waals surface area contributed by atoms with Crippen LogP contribution in [0.25, 0.3) is 0 Å². The second-order valence-corrected chi connectivity index (χ2v) is 4.05. The van der Waals surface area contributed by atoms with E-state index in [9.17, 15) is 18.0 Å². The van der Waals surface area contributed by atoms with E-state index < -0.39 is 17.5 Å². The predicted octanol–water partition coefficient (Wildman–Crippen LogP) is 2.55. The van der Waals surface area contributed by atoms with Crippen LogP contribution in [0.15, 0.2) is 24.4 Å². The number of carbonyl (C=O) groups is 1. The Hall–Kier alpha value is -2.31. The van der Waals surface area contributed by atoms with Crippen molar-refractivity contribution in [1.29, 1.82) is 0 Å². The molecule has 7 heteroatoms. The highest BCUT2D eigenvalue weighted by Gasteiger charge is 2.31. The molecule has 0 aliphatic heterocycles. The molecular formula is C12H10F3N3O. The van der Waals surface area contributed by atoms with Gasteiger partial charge in [-0.2, -0.15) is 18.3 Å². The summed E-state index contributed by atoms with van der Waals surface area (Å²) in [6.07, 6.45) is -3.18. The van der Waals surface area contributed by atoms with Gasteiger partial charge in [-0.25, -0.2) is 0 Å². The average molecular weight is 269 g/mol. The Morgan fingerprint density at radius 2 is 2.00 bits per heavy atom. The molecule has 0 aliphatic carbocycles. The maximum Gasteiger partial charge on any atom is 0.416 e. The van der Waals surface area contributed by atoms with Gasteiger partial charge in [0.25, 0.3) is 0 Å². The fourth-order valence-corrected chi connectivity index (χ4v) is 1.72. The molecule has 0 amide bonds. The lowest BCUT2D eigenvalue weighted by Gasteiger charge is -2.10. The third kappa shape index (κ3) is 2.44. The fraction of sp³-hybridized carbons (Fsp3) is 0.167. The molecule has 100 valence electrons. The first-order chi connectivity index (χ1) is 8.80. The van der Waals surface area contributed by atoms with Crippen LogP contribution in [0.1, 0.15) is 27.0 Å². The number of aromatic nitrogens is 2. The highest BCUT2D eigenvalue weighted by atomic mass is 19.4. The molecule has 4 nitrogen and oxygen atoms in total. The van der Waals surface area contributed by atoms with E-state index in [4.69, 9.17) is 5.73 Å². The Kier molecular flexibility index (Phi) is 3.05. The minimum Gasteiger partial charge on any atom is -0.383 e. The molecule has 1 aromatic carbocycles. The van der Waals surface area contributed by atoms with Crippen LogP contribution < -0.4 is 5.73 Å². The van der Waals surface area contributed by atoms with Crippen LogP contribution in [0.2, 0.25) is 0 Å². The number of ketones is 1. The Morgan fingerprint density at radius 1 is 1.32 bits per heavy atom. The van der Waals surface area contributed by atoms with Gasteiger partial charge in [0, 0.05) is 5.56 Å². The predicted molar refractivity (Wildman–Crippen MR) is 62.6 cm³/mol.